The minimum absolute atomic E-state index is 0.0803. The molecule has 1 aromatic carbocycles. The van der Waals surface area contributed by atoms with Gasteiger partial charge in [0.1, 0.15) is 0 Å². The fourth-order valence-electron chi connectivity index (χ4n) is 2.88. The van der Waals surface area contributed by atoms with E-state index < -0.39 is 0 Å². The zero-order valence-corrected chi connectivity index (χ0v) is 18.8. The van der Waals surface area contributed by atoms with Crippen molar-refractivity contribution in [3.05, 3.63) is 34.3 Å². The van der Waals surface area contributed by atoms with E-state index >= 15 is 0 Å². The Balaban J connectivity index is 1.92. The summed E-state index contributed by atoms with van der Waals surface area (Å²) in [6.45, 7) is 3.01. The number of ether oxygens (including phenoxy) is 2. The van der Waals surface area contributed by atoms with Crippen molar-refractivity contribution >= 4 is 27.9 Å². The molecule has 0 saturated heterocycles. The van der Waals surface area contributed by atoms with Crippen LogP contribution in [0.5, 0.6) is 0 Å². The average Bonchev–Trinajstić information content (AvgIpc) is 2.69. The highest BCUT2D eigenvalue weighted by molar-refractivity contribution is 9.10. The van der Waals surface area contributed by atoms with Crippen LogP contribution in [0.3, 0.4) is 0 Å². The maximum atomic E-state index is 11.7. The molecule has 0 spiro atoms. The third-order valence-electron chi connectivity index (χ3n) is 4.61. The van der Waals surface area contributed by atoms with E-state index in [2.05, 4.69) is 22.9 Å². The lowest BCUT2D eigenvalue weighted by Gasteiger charge is -2.06. The van der Waals surface area contributed by atoms with Crippen LogP contribution in [-0.4, -0.2) is 25.2 Å². The summed E-state index contributed by atoms with van der Waals surface area (Å²) in [5.74, 6) is -0.665. The molecule has 4 nitrogen and oxygen atoms in total. The van der Waals surface area contributed by atoms with Crippen LogP contribution in [0.15, 0.2) is 28.7 Å². The van der Waals surface area contributed by atoms with Crippen LogP contribution in [0.25, 0.3) is 0 Å². The number of carbonyl (C=O) groups is 2. The molecule has 0 saturated carbocycles. The Hall–Kier alpha value is -1.36. The van der Waals surface area contributed by atoms with Gasteiger partial charge in [0.05, 0.1) is 26.1 Å². The molecule has 158 valence electrons. The molecule has 5 heteroatoms. The molecule has 0 aliphatic carbocycles. The summed E-state index contributed by atoms with van der Waals surface area (Å²) in [5.41, 5.74) is 1.11. The lowest BCUT2D eigenvalue weighted by Crippen LogP contribution is -2.12. The van der Waals surface area contributed by atoms with E-state index in [-0.39, 0.29) is 24.8 Å². The molecule has 0 heterocycles. The van der Waals surface area contributed by atoms with Gasteiger partial charge >= 0.3 is 11.9 Å². The van der Waals surface area contributed by atoms with Gasteiger partial charge in [-0.05, 0) is 24.1 Å². The molecule has 0 bridgehead atoms. The first-order valence-corrected chi connectivity index (χ1v) is 11.5. The molecule has 0 N–H and O–H groups in total. The van der Waals surface area contributed by atoms with Gasteiger partial charge in [0.2, 0.25) is 0 Å². The molecule has 1 aromatic rings. The highest BCUT2D eigenvalue weighted by Gasteiger charge is 2.09. The predicted octanol–water partition coefficient (Wildman–Crippen LogP) is 6.39. The lowest BCUT2D eigenvalue weighted by molar-refractivity contribution is -0.150. The van der Waals surface area contributed by atoms with Crippen molar-refractivity contribution in [2.45, 2.75) is 84.0 Å². The van der Waals surface area contributed by atoms with Crippen molar-refractivity contribution in [1.82, 2.24) is 0 Å². The van der Waals surface area contributed by atoms with Crippen LogP contribution < -0.4 is 0 Å². The van der Waals surface area contributed by atoms with E-state index in [1.54, 1.807) is 0 Å². The van der Waals surface area contributed by atoms with E-state index in [0.29, 0.717) is 19.6 Å². The summed E-state index contributed by atoms with van der Waals surface area (Å²) >= 11 is 3.39. The SMILES string of the molecule is CCCCCCCCCCCOC(=O)CCC(=O)OCCc1ccc(Br)cc1. The number of carbonyl (C=O) groups excluding carboxylic acids is 2. The van der Waals surface area contributed by atoms with E-state index in [9.17, 15) is 9.59 Å². The monoisotopic (exact) mass is 454 g/mol. The molecule has 0 radical (unpaired) electrons. The smallest absolute Gasteiger partial charge is 0.306 e. The van der Waals surface area contributed by atoms with Crippen molar-refractivity contribution in [2.24, 2.45) is 0 Å². The van der Waals surface area contributed by atoms with Gasteiger partial charge in [-0.2, -0.15) is 0 Å². The first-order valence-electron chi connectivity index (χ1n) is 10.7. The number of halogens is 1. The van der Waals surface area contributed by atoms with Crippen LogP contribution in [0.1, 0.15) is 83.1 Å². The average molecular weight is 455 g/mol. The number of esters is 2. The molecule has 0 amide bonds. The molecular weight excluding hydrogens is 420 g/mol. The summed E-state index contributed by atoms with van der Waals surface area (Å²) in [4.78, 5) is 23.4. The van der Waals surface area contributed by atoms with Crippen molar-refractivity contribution in [3.63, 3.8) is 0 Å². The third kappa shape index (κ3) is 13.8. The minimum Gasteiger partial charge on any atom is -0.466 e. The van der Waals surface area contributed by atoms with Crippen molar-refractivity contribution in [1.29, 1.82) is 0 Å². The number of rotatable bonds is 16. The fourth-order valence-corrected chi connectivity index (χ4v) is 3.15. The van der Waals surface area contributed by atoms with Gasteiger partial charge in [0, 0.05) is 10.9 Å². The first-order chi connectivity index (χ1) is 13.6. The number of hydrogen-bond donors (Lipinski definition) is 0. The summed E-state index contributed by atoms with van der Waals surface area (Å²) < 4.78 is 11.4. The maximum Gasteiger partial charge on any atom is 0.306 e. The Labute approximate surface area is 178 Å². The Bertz CT molecular complexity index is 542. The van der Waals surface area contributed by atoms with Crippen LogP contribution in [0, 0.1) is 0 Å². The fraction of sp³-hybridized carbons (Fsp3) is 0.652. The highest BCUT2D eigenvalue weighted by Crippen LogP contribution is 2.11. The summed E-state index contributed by atoms with van der Waals surface area (Å²) in [6.07, 6.45) is 11.9. The van der Waals surface area contributed by atoms with Crippen LogP contribution in [0.2, 0.25) is 0 Å². The molecule has 1 rings (SSSR count). The van der Waals surface area contributed by atoms with E-state index in [0.717, 1.165) is 22.9 Å². The summed E-state index contributed by atoms with van der Waals surface area (Å²) in [5, 5.41) is 0. The van der Waals surface area contributed by atoms with E-state index in [1.807, 2.05) is 24.3 Å². The molecule has 0 atom stereocenters. The molecular formula is C23H35BrO4. The number of unbranched alkanes of at least 4 members (excludes halogenated alkanes) is 8. The lowest BCUT2D eigenvalue weighted by atomic mass is 10.1. The van der Waals surface area contributed by atoms with Gasteiger partial charge in [-0.25, -0.2) is 0 Å². The molecule has 0 aromatic heterocycles. The summed E-state index contributed by atoms with van der Waals surface area (Å²) in [6, 6.07) is 7.89. The molecule has 0 fully saturated rings. The predicted molar refractivity (Wildman–Crippen MR) is 116 cm³/mol. The van der Waals surface area contributed by atoms with Crippen LogP contribution >= 0.6 is 15.9 Å². The standard InChI is InChI=1S/C23H35BrO4/c1-2-3-4-5-6-7-8-9-10-18-27-22(25)15-16-23(26)28-19-17-20-11-13-21(24)14-12-20/h11-14H,2-10,15-19H2,1H3. The number of hydrogen-bond acceptors (Lipinski definition) is 4. The second-order valence-corrected chi connectivity index (χ2v) is 8.06. The van der Waals surface area contributed by atoms with Gasteiger partial charge in [0.15, 0.2) is 0 Å². The van der Waals surface area contributed by atoms with Gasteiger partial charge < -0.3 is 9.47 Å². The number of benzene rings is 1. The zero-order chi connectivity index (χ0) is 20.5. The molecule has 0 unspecified atom stereocenters. The Kier molecular flexibility index (Phi) is 14.6. The Morgan fingerprint density at radius 3 is 1.82 bits per heavy atom. The van der Waals surface area contributed by atoms with Crippen molar-refractivity contribution in [2.75, 3.05) is 13.2 Å². The second-order valence-electron chi connectivity index (χ2n) is 7.15. The van der Waals surface area contributed by atoms with Crippen LogP contribution in [-0.2, 0) is 25.5 Å². The van der Waals surface area contributed by atoms with Gasteiger partial charge in [-0.1, -0.05) is 86.4 Å². The maximum absolute atomic E-state index is 11.7. The van der Waals surface area contributed by atoms with Crippen LogP contribution in [0.4, 0.5) is 0 Å². The quantitative estimate of drug-likeness (QED) is 0.214. The van der Waals surface area contributed by atoms with Gasteiger partial charge in [-0.3, -0.25) is 9.59 Å². The van der Waals surface area contributed by atoms with Crippen molar-refractivity contribution < 1.29 is 19.1 Å². The largest absolute Gasteiger partial charge is 0.466 e. The zero-order valence-electron chi connectivity index (χ0n) is 17.2. The second kappa shape index (κ2) is 16.6. The first kappa shape index (κ1) is 24.7. The normalized spacial score (nSPS) is 10.6. The Morgan fingerprint density at radius 2 is 1.25 bits per heavy atom. The molecule has 28 heavy (non-hydrogen) atoms. The Morgan fingerprint density at radius 1 is 0.750 bits per heavy atom. The van der Waals surface area contributed by atoms with Gasteiger partial charge in [0.25, 0.3) is 0 Å². The van der Waals surface area contributed by atoms with E-state index in [1.165, 1.54) is 44.9 Å². The van der Waals surface area contributed by atoms with Crippen molar-refractivity contribution in [3.8, 4) is 0 Å². The van der Waals surface area contributed by atoms with E-state index in [4.69, 9.17) is 9.47 Å². The van der Waals surface area contributed by atoms with Gasteiger partial charge in [-0.15, -0.1) is 0 Å². The third-order valence-corrected chi connectivity index (χ3v) is 5.14. The molecule has 0 aliphatic heterocycles. The topological polar surface area (TPSA) is 52.6 Å². The summed E-state index contributed by atoms with van der Waals surface area (Å²) in [7, 11) is 0. The highest BCUT2D eigenvalue weighted by atomic mass is 79.9. The molecule has 0 aliphatic rings. The minimum atomic E-state index is -0.350.